The number of ketones is 1. The summed E-state index contributed by atoms with van der Waals surface area (Å²) < 4.78 is 0. The van der Waals surface area contributed by atoms with Gasteiger partial charge in [0.15, 0.2) is 5.78 Å². The first-order chi connectivity index (χ1) is 6.47. The first-order valence-electron chi connectivity index (χ1n) is 4.77. The average Bonchev–Trinajstić information content (AvgIpc) is 2.02. The topological polar surface area (TPSA) is 43.1 Å². The minimum Gasteiger partial charge on any atom is -0.396 e. The quantitative estimate of drug-likeness (QED) is 0.538. The van der Waals surface area contributed by atoms with Gasteiger partial charge in [-0.05, 0) is 24.5 Å². The second-order valence-corrected chi connectivity index (χ2v) is 3.77. The lowest BCUT2D eigenvalue weighted by molar-refractivity contribution is -0.116. The Morgan fingerprint density at radius 1 is 1.50 bits per heavy atom. The van der Waals surface area contributed by atoms with Crippen molar-refractivity contribution in [1.29, 1.82) is 0 Å². The average molecular weight is 193 g/mol. The van der Waals surface area contributed by atoms with E-state index in [9.17, 15) is 4.79 Å². The van der Waals surface area contributed by atoms with Gasteiger partial charge in [0.2, 0.25) is 0 Å². The lowest BCUT2D eigenvalue weighted by atomic mass is 10.0. The summed E-state index contributed by atoms with van der Waals surface area (Å²) in [6, 6.07) is 0. The van der Waals surface area contributed by atoms with Gasteiger partial charge < -0.3 is 5.73 Å². The molecule has 0 aromatic heterocycles. The van der Waals surface area contributed by atoms with E-state index in [2.05, 4.69) is 6.58 Å². The summed E-state index contributed by atoms with van der Waals surface area (Å²) in [5.74, 6) is 0.356. The normalized spacial score (nSPS) is 13.1. The number of hydrogen-bond donors (Lipinski definition) is 1. The Morgan fingerprint density at radius 2 is 2.07 bits per heavy atom. The predicted octanol–water partition coefficient (Wildman–Crippen LogP) is 2.58. The Bertz CT molecular complexity index is 272. The van der Waals surface area contributed by atoms with Crippen LogP contribution in [0.25, 0.3) is 0 Å². The second-order valence-electron chi connectivity index (χ2n) is 3.77. The molecule has 0 atom stereocenters. The van der Waals surface area contributed by atoms with Crippen molar-refractivity contribution < 1.29 is 4.79 Å². The molecular formula is C12H19NO. The molecular weight excluding hydrogens is 174 g/mol. The van der Waals surface area contributed by atoms with Crippen molar-refractivity contribution in [3.63, 3.8) is 0 Å². The summed E-state index contributed by atoms with van der Waals surface area (Å²) in [6.45, 7) is 9.45. The van der Waals surface area contributed by atoms with Crippen molar-refractivity contribution in [3.05, 3.63) is 36.1 Å². The van der Waals surface area contributed by atoms with Gasteiger partial charge in [-0.2, -0.15) is 0 Å². The van der Waals surface area contributed by atoms with E-state index in [4.69, 9.17) is 5.73 Å². The first kappa shape index (κ1) is 12.7. The standard InChI is InChI=1S/C12H19NO/c1-5-6-10(4)8-11(13)12(14)7-9(2)3/h5-6,8-9H,1,7,13H2,2-4H3/b10-6-,11-8-. The zero-order valence-corrected chi connectivity index (χ0v) is 9.21. The van der Waals surface area contributed by atoms with E-state index in [0.29, 0.717) is 18.0 Å². The van der Waals surface area contributed by atoms with Crippen LogP contribution in [0.1, 0.15) is 27.2 Å². The van der Waals surface area contributed by atoms with E-state index >= 15 is 0 Å². The minimum absolute atomic E-state index is 0.0109. The SMILES string of the molecule is C=C/C=C(C)\C=C(/N)C(=O)CC(C)C. The van der Waals surface area contributed by atoms with Gasteiger partial charge in [-0.3, -0.25) is 4.79 Å². The molecule has 0 spiro atoms. The number of allylic oxidation sites excluding steroid dienone is 5. The van der Waals surface area contributed by atoms with Crippen molar-refractivity contribution >= 4 is 5.78 Å². The third kappa shape index (κ3) is 5.36. The molecule has 0 saturated carbocycles. The van der Waals surface area contributed by atoms with Crippen LogP contribution in [0.2, 0.25) is 0 Å². The Hall–Kier alpha value is -1.31. The van der Waals surface area contributed by atoms with Gasteiger partial charge in [0.05, 0.1) is 5.70 Å². The Kier molecular flexibility index (Phi) is 5.61. The molecule has 78 valence electrons. The fraction of sp³-hybridized carbons (Fsp3) is 0.417. The lowest BCUT2D eigenvalue weighted by Crippen LogP contribution is -2.13. The molecule has 0 bridgehead atoms. The zero-order valence-electron chi connectivity index (χ0n) is 9.21. The molecule has 0 aliphatic carbocycles. The van der Waals surface area contributed by atoms with E-state index in [1.165, 1.54) is 0 Å². The summed E-state index contributed by atoms with van der Waals surface area (Å²) in [7, 11) is 0. The fourth-order valence-corrected chi connectivity index (χ4v) is 1.05. The molecule has 0 rings (SSSR count). The summed E-state index contributed by atoms with van der Waals surface area (Å²) in [5.41, 5.74) is 6.90. The number of carbonyl (C=O) groups excluding carboxylic acids is 1. The molecule has 0 aromatic carbocycles. The second kappa shape index (κ2) is 6.19. The molecule has 2 heteroatoms. The number of hydrogen-bond acceptors (Lipinski definition) is 2. The van der Waals surface area contributed by atoms with E-state index in [0.717, 1.165) is 5.57 Å². The molecule has 0 radical (unpaired) electrons. The van der Waals surface area contributed by atoms with Gasteiger partial charge in [-0.25, -0.2) is 0 Å². The van der Waals surface area contributed by atoms with Crippen LogP contribution in [0, 0.1) is 5.92 Å². The van der Waals surface area contributed by atoms with Gasteiger partial charge in [-0.15, -0.1) is 0 Å². The maximum atomic E-state index is 11.4. The summed E-state index contributed by atoms with van der Waals surface area (Å²) in [6.07, 6.45) is 5.68. The Balaban J connectivity index is 4.45. The van der Waals surface area contributed by atoms with Crippen LogP contribution in [-0.2, 0) is 4.79 Å². The van der Waals surface area contributed by atoms with Crippen LogP contribution in [0.5, 0.6) is 0 Å². The van der Waals surface area contributed by atoms with Gasteiger partial charge >= 0.3 is 0 Å². The molecule has 0 aromatic rings. The molecule has 0 amide bonds. The van der Waals surface area contributed by atoms with Gasteiger partial charge in [0.25, 0.3) is 0 Å². The zero-order chi connectivity index (χ0) is 11.1. The molecule has 0 saturated heterocycles. The first-order valence-corrected chi connectivity index (χ1v) is 4.77. The fourth-order valence-electron chi connectivity index (χ4n) is 1.05. The van der Waals surface area contributed by atoms with E-state index in [-0.39, 0.29) is 5.78 Å². The molecule has 14 heavy (non-hydrogen) atoms. The van der Waals surface area contributed by atoms with Crippen LogP contribution < -0.4 is 5.73 Å². The predicted molar refractivity (Wildman–Crippen MR) is 60.7 cm³/mol. The third-order valence-electron chi connectivity index (χ3n) is 1.68. The smallest absolute Gasteiger partial charge is 0.178 e. The molecule has 0 unspecified atom stereocenters. The highest BCUT2D eigenvalue weighted by atomic mass is 16.1. The van der Waals surface area contributed by atoms with E-state index in [1.54, 1.807) is 12.2 Å². The molecule has 0 heterocycles. The van der Waals surface area contributed by atoms with Gasteiger partial charge in [0.1, 0.15) is 0 Å². The van der Waals surface area contributed by atoms with Gasteiger partial charge in [-0.1, -0.05) is 32.6 Å². The Labute approximate surface area is 86.2 Å². The van der Waals surface area contributed by atoms with Crippen molar-refractivity contribution in [2.45, 2.75) is 27.2 Å². The van der Waals surface area contributed by atoms with Crippen molar-refractivity contribution in [2.24, 2.45) is 11.7 Å². The molecule has 0 aliphatic heterocycles. The van der Waals surface area contributed by atoms with Crippen LogP contribution >= 0.6 is 0 Å². The highest BCUT2D eigenvalue weighted by molar-refractivity contribution is 5.94. The van der Waals surface area contributed by atoms with Gasteiger partial charge in [0, 0.05) is 6.42 Å². The van der Waals surface area contributed by atoms with Crippen LogP contribution in [-0.4, -0.2) is 5.78 Å². The Morgan fingerprint density at radius 3 is 2.50 bits per heavy atom. The molecule has 0 aliphatic rings. The largest absolute Gasteiger partial charge is 0.396 e. The van der Waals surface area contributed by atoms with E-state index in [1.807, 2.05) is 26.8 Å². The summed E-state index contributed by atoms with van der Waals surface area (Å²) in [4.78, 5) is 11.4. The molecule has 0 fully saturated rings. The van der Waals surface area contributed by atoms with Crippen molar-refractivity contribution in [1.82, 2.24) is 0 Å². The number of carbonyl (C=O) groups is 1. The molecule has 2 N–H and O–H groups in total. The lowest BCUT2D eigenvalue weighted by Gasteiger charge is -2.03. The van der Waals surface area contributed by atoms with Crippen molar-refractivity contribution in [2.75, 3.05) is 0 Å². The van der Waals surface area contributed by atoms with Crippen LogP contribution in [0.4, 0.5) is 0 Å². The molecule has 2 nitrogen and oxygen atoms in total. The minimum atomic E-state index is 0.0109. The maximum Gasteiger partial charge on any atom is 0.178 e. The summed E-state index contributed by atoms with van der Waals surface area (Å²) >= 11 is 0. The number of rotatable bonds is 5. The van der Waals surface area contributed by atoms with E-state index < -0.39 is 0 Å². The monoisotopic (exact) mass is 193 g/mol. The highest BCUT2D eigenvalue weighted by Crippen LogP contribution is 2.06. The van der Waals surface area contributed by atoms with Crippen LogP contribution in [0.15, 0.2) is 36.1 Å². The number of nitrogens with two attached hydrogens (primary N) is 1. The maximum absolute atomic E-state index is 11.4. The number of Topliss-reactive ketones (excluding diaryl/α,β-unsaturated/α-hetero) is 1. The summed E-state index contributed by atoms with van der Waals surface area (Å²) in [5, 5.41) is 0. The third-order valence-corrected chi connectivity index (χ3v) is 1.68. The van der Waals surface area contributed by atoms with Crippen LogP contribution in [0.3, 0.4) is 0 Å². The highest BCUT2D eigenvalue weighted by Gasteiger charge is 2.07. The van der Waals surface area contributed by atoms with Crippen molar-refractivity contribution in [3.8, 4) is 0 Å².